The van der Waals surface area contributed by atoms with E-state index < -0.39 is 0 Å². The first-order chi connectivity index (χ1) is 8.49. The molecule has 0 spiro atoms. The third kappa shape index (κ3) is 2.57. The van der Waals surface area contributed by atoms with Gasteiger partial charge in [-0.2, -0.15) is 0 Å². The number of nitrogens with one attached hydrogen (secondary N) is 1. The van der Waals surface area contributed by atoms with E-state index in [1.54, 1.807) is 18.2 Å². The van der Waals surface area contributed by atoms with Crippen LogP contribution in [0, 0.1) is 0 Å². The second-order valence-electron chi connectivity index (χ2n) is 4.27. The normalized spacial score (nSPS) is 10.9. The summed E-state index contributed by atoms with van der Waals surface area (Å²) in [7, 11) is 0. The van der Waals surface area contributed by atoms with Crippen LogP contribution in [-0.4, -0.2) is 9.97 Å². The predicted octanol–water partition coefficient (Wildman–Crippen LogP) is 3.87. The van der Waals surface area contributed by atoms with Crippen LogP contribution in [0.1, 0.15) is 25.6 Å². The molecule has 0 amide bonds. The van der Waals surface area contributed by atoms with Crippen molar-refractivity contribution in [3.8, 4) is 11.3 Å². The largest absolute Gasteiger partial charge is 0.310 e. The van der Waals surface area contributed by atoms with Crippen LogP contribution < -0.4 is 5.56 Å². The Morgan fingerprint density at radius 1 is 1.28 bits per heavy atom. The SMILES string of the molecule is CC(C)c1nc(-c2cccc(Cl)c2Cl)cc(=O)[nH]1. The molecule has 0 saturated heterocycles. The zero-order chi connectivity index (χ0) is 13.3. The Balaban J connectivity index is 2.64. The van der Waals surface area contributed by atoms with Crippen LogP contribution in [0.2, 0.25) is 10.0 Å². The minimum Gasteiger partial charge on any atom is -0.310 e. The van der Waals surface area contributed by atoms with Gasteiger partial charge in [0.25, 0.3) is 5.56 Å². The number of hydrogen-bond donors (Lipinski definition) is 1. The molecule has 0 aliphatic rings. The lowest BCUT2D eigenvalue weighted by Crippen LogP contribution is -2.12. The van der Waals surface area contributed by atoms with Crippen LogP contribution in [0.4, 0.5) is 0 Å². The van der Waals surface area contributed by atoms with E-state index in [1.165, 1.54) is 6.07 Å². The van der Waals surface area contributed by atoms with E-state index in [9.17, 15) is 4.79 Å². The maximum Gasteiger partial charge on any atom is 0.251 e. The van der Waals surface area contributed by atoms with Crippen LogP contribution in [0.15, 0.2) is 29.1 Å². The summed E-state index contributed by atoms with van der Waals surface area (Å²) in [4.78, 5) is 18.7. The molecule has 0 unspecified atom stereocenters. The van der Waals surface area contributed by atoms with Gasteiger partial charge in [-0.1, -0.05) is 49.2 Å². The van der Waals surface area contributed by atoms with Crippen molar-refractivity contribution in [1.82, 2.24) is 9.97 Å². The van der Waals surface area contributed by atoms with Crippen molar-refractivity contribution in [2.45, 2.75) is 19.8 Å². The second kappa shape index (κ2) is 5.12. The van der Waals surface area contributed by atoms with Crippen molar-refractivity contribution >= 4 is 23.2 Å². The van der Waals surface area contributed by atoms with E-state index in [-0.39, 0.29) is 11.5 Å². The van der Waals surface area contributed by atoms with Crippen LogP contribution in [0.3, 0.4) is 0 Å². The average molecular weight is 283 g/mol. The lowest BCUT2D eigenvalue weighted by atomic mass is 10.1. The van der Waals surface area contributed by atoms with Gasteiger partial charge in [-0.3, -0.25) is 4.79 Å². The van der Waals surface area contributed by atoms with Crippen molar-refractivity contribution in [2.75, 3.05) is 0 Å². The molecule has 94 valence electrons. The highest BCUT2D eigenvalue weighted by molar-refractivity contribution is 6.43. The fourth-order valence-electron chi connectivity index (χ4n) is 1.59. The molecule has 2 rings (SSSR count). The standard InChI is InChI=1S/C13H12Cl2N2O/c1-7(2)13-16-10(6-11(18)17-13)8-4-3-5-9(14)12(8)15/h3-7H,1-2H3,(H,16,17,18). The molecule has 0 aliphatic heterocycles. The van der Waals surface area contributed by atoms with Gasteiger partial charge in [-0.15, -0.1) is 0 Å². The molecule has 2 aromatic rings. The van der Waals surface area contributed by atoms with Gasteiger partial charge in [0.1, 0.15) is 5.82 Å². The highest BCUT2D eigenvalue weighted by atomic mass is 35.5. The van der Waals surface area contributed by atoms with E-state index in [4.69, 9.17) is 23.2 Å². The molecule has 0 saturated carbocycles. The maximum absolute atomic E-state index is 11.6. The molecular formula is C13H12Cl2N2O. The summed E-state index contributed by atoms with van der Waals surface area (Å²) in [6.07, 6.45) is 0. The van der Waals surface area contributed by atoms with Gasteiger partial charge in [0, 0.05) is 17.5 Å². The Hall–Kier alpha value is -1.32. The first kappa shape index (κ1) is 13.1. The molecule has 1 heterocycles. The quantitative estimate of drug-likeness (QED) is 0.909. The van der Waals surface area contributed by atoms with Crippen LogP contribution >= 0.6 is 23.2 Å². The van der Waals surface area contributed by atoms with Crippen molar-refractivity contribution < 1.29 is 0 Å². The van der Waals surface area contributed by atoms with Crippen molar-refractivity contribution in [3.05, 3.63) is 50.5 Å². The third-order valence-electron chi connectivity index (χ3n) is 2.53. The van der Waals surface area contributed by atoms with Gasteiger partial charge in [-0.25, -0.2) is 4.98 Å². The zero-order valence-corrected chi connectivity index (χ0v) is 11.5. The highest BCUT2D eigenvalue weighted by Crippen LogP contribution is 2.32. The van der Waals surface area contributed by atoms with E-state index in [1.807, 2.05) is 13.8 Å². The van der Waals surface area contributed by atoms with E-state index >= 15 is 0 Å². The monoisotopic (exact) mass is 282 g/mol. The maximum atomic E-state index is 11.6. The summed E-state index contributed by atoms with van der Waals surface area (Å²) in [6, 6.07) is 6.69. The minimum absolute atomic E-state index is 0.135. The molecule has 0 aliphatic carbocycles. The summed E-state index contributed by atoms with van der Waals surface area (Å²) in [5.74, 6) is 0.768. The van der Waals surface area contributed by atoms with Gasteiger partial charge >= 0.3 is 0 Å². The summed E-state index contributed by atoms with van der Waals surface area (Å²) < 4.78 is 0. The summed E-state index contributed by atoms with van der Waals surface area (Å²) in [5, 5.41) is 0.856. The molecule has 1 aromatic heterocycles. The molecule has 5 heteroatoms. The molecule has 1 N–H and O–H groups in total. The zero-order valence-electron chi connectivity index (χ0n) is 10.00. The smallest absolute Gasteiger partial charge is 0.251 e. The van der Waals surface area contributed by atoms with E-state index in [0.29, 0.717) is 27.1 Å². The topological polar surface area (TPSA) is 45.8 Å². The van der Waals surface area contributed by atoms with Gasteiger partial charge < -0.3 is 4.98 Å². The number of H-pyrrole nitrogens is 1. The predicted molar refractivity (Wildman–Crippen MR) is 74.4 cm³/mol. The van der Waals surface area contributed by atoms with Crippen LogP contribution in [-0.2, 0) is 0 Å². The Labute approximate surface area is 115 Å². The lowest BCUT2D eigenvalue weighted by Gasteiger charge is -2.08. The van der Waals surface area contributed by atoms with Crippen LogP contribution in [0.25, 0.3) is 11.3 Å². The number of rotatable bonds is 2. The van der Waals surface area contributed by atoms with Gasteiger partial charge in [-0.05, 0) is 6.07 Å². The van der Waals surface area contributed by atoms with Gasteiger partial charge in [0.05, 0.1) is 15.7 Å². The summed E-state index contributed by atoms with van der Waals surface area (Å²) in [5.41, 5.74) is 1.01. The molecule has 0 bridgehead atoms. The summed E-state index contributed by atoms with van der Waals surface area (Å²) >= 11 is 12.1. The molecular weight excluding hydrogens is 271 g/mol. The average Bonchev–Trinajstić information content (AvgIpc) is 2.31. The number of hydrogen-bond acceptors (Lipinski definition) is 2. The van der Waals surface area contributed by atoms with Gasteiger partial charge in [0.15, 0.2) is 0 Å². The first-order valence-electron chi connectivity index (χ1n) is 5.54. The Bertz CT molecular complexity index is 635. The number of benzene rings is 1. The Morgan fingerprint density at radius 3 is 2.67 bits per heavy atom. The van der Waals surface area contributed by atoms with Crippen molar-refractivity contribution in [2.24, 2.45) is 0 Å². The number of aromatic nitrogens is 2. The lowest BCUT2D eigenvalue weighted by molar-refractivity contribution is 0.768. The van der Waals surface area contributed by atoms with Crippen molar-refractivity contribution in [1.29, 1.82) is 0 Å². The fraction of sp³-hybridized carbons (Fsp3) is 0.231. The first-order valence-corrected chi connectivity index (χ1v) is 6.30. The number of halogens is 2. The van der Waals surface area contributed by atoms with E-state index in [0.717, 1.165) is 0 Å². The summed E-state index contributed by atoms with van der Waals surface area (Å²) in [6.45, 7) is 3.92. The van der Waals surface area contributed by atoms with E-state index in [2.05, 4.69) is 9.97 Å². The van der Waals surface area contributed by atoms with Gasteiger partial charge in [0.2, 0.25) is 0 Å². The molecule has 0 atom stereocenters. The fourth-order valence-corrected chi connectivity index (χ4v) is 1.99. The third-order valence-corrected chi connectivity index (χ3v) is 3.35. The number of aromatic amines is 1. The second-order valence-corrected chi connectivity index (χ2v) is 5.06. The molecule has 0 fully saturated rings. The molecule has 3 nitrogen and oxygen atoms in total. The van der Waals surface area contributed by atoms with Crippen molar-refractivity contribution in [3.63, 3.8) is 0 Å². The highest BCUT2D eigenvalue weighted by Gasteiger charge is 2.11. The number of nitrogens with zero attached hydrogens (tertiary/aromatic N) is 1. The van der Waals surface area contributed by atoms with Crippen LogP contribution in [0.5, 0.6) is 0 Å². The Morgan fingerprint density at radius 2 is 2.00 bits per heavy atom. The minimum atomic E-state index is -0.195. The molecule has 18 heavy (non-hydrogen) atoms. The Kier molecular flexibility index (Phi) is 3.73. The molecule has 1 aromatic carbocycles. The molecule has 0 radical (unpaired) electrons.